The van der Waals surface area contributed by atoms with Gasteiger partial charge in [0.2, 0.25) is 0 Å². The first kappa shape index (κ1) is 21.4. The maximum Gasteiger partial charge on any atom is 0.303 e. The SMILES string of the molecule is CC(=O)OC1C(O)OC(COCc2ccccc2)C(N)C1OCc1ccccc1. The van der Waals surface area contributed by atoms with Crippen LogP contribution in [0.4, 0.5) is 0 Å². The number of hydrogen-bond donors (Lipinski definition) is 2. The molecular formula is C22H27NO6. The number of nitrogens with two attached hydrogens (primary N) is 1. The van der Waals surface area contributed by atoms with Gasteiger partial charge in [0.25, 0.3) is 0 Å². The van der Waals surface area contributed by atoms with E-state index in [4.69, 9.17) is 24.7 Å². The van der Waals surface area contributed by atoms with Crippen LogP contribution in [0, 0.1) is 0 Å². The van der Waals surface area contributed by atoms with E-state index in [-0.39, 0.29) is 13.2 Å². The van der Waals surface area contributed by atoms with Crippen LogP contribution < -0.4 is 5.73 Å². The van der Waals surface area contributed by atoms with Gasteiger partial charge in [-0.2, -0.15) is 0 Å². The maximum absolute atomic E-state index is 11.5. The van der Waals surface area contributed by atoms with Crippen LogP contribution in [0.2, 0.25) is 0 Å². The molecule has 7 nitrogen and oxygen atoms in total. The van der Waals surface area contributed by atoms with Gasteiger partial charge in [-0.1, -0.05) is 60.7 Å². The van der Waals surface area contributed by atoms with Gasteiger partial charge in [-0.15, -0.1) is 0 Å². The lowest BCUT2D eigenvalue weighted by molar-refractivity contribution is -0.275. The Hall–Kier alpha value is -2.29. The lowest BCUT2D eigenvalue weighted by atomic mass is 9.96. The maximum atomic E-state index is 11.5. The average molecular weight is 401 g/mol. The second-order valence-electron chi connectivity index (χ2n) is 6.98. The second kappa shape index (κ2) is 10.5. The molecule has 7 heteroatoms. The summed E-state index contributed by atoms with van der Waals surface area (Å²) in [6.45, 7) is 2.10. The van der Waals surface area contributed by atoms with Gasteiger partial charge in [-0.3, -0.25) is 4.79 Å². The van der Waals surface area contributed by atoms with Crippen molar-refractivity contribution in [1.29, 1.82) is 0 Å². The number of benzene rings is 2. The molecule has 1 saturated heterocycles. The van der Waals surface area contributed by atoms with Crippen molar-refractivity contribution in [3.8, 4) is 0 Å². The summed E-state index contributed by atoms with van der Waals surface area (Å²) in [6, 6.07) is 18.6. The summed E-state index contributed by atoms with van der Waals surface area (Å²) >= 11 is 0. The first-order valence-corrected chi connectivity index (χ1v) is 9.58. The fraction of sp³-hybridized carbons (Fsp3) is 0.409. The van der Waals surface area contributed by atoms with E-state index in [9.17, 15) is 9.90 Å². The topological polar surface area (TPSA) is 100 Å². The number of esters is 1. The van der Waals surface area contributed by atoms with Gasteiger partial charge < -0.3 is 29.8 Å². The quantitative estimate of drug-likeness (QED) is 0.650. The number of aliphatic hydroxyl groups excluding tert-OH is 1. The Labute approximate surface area is 170 Å². The molecule has 3 N–H and O–H groups in total. The third-order valence-electron chi connectivity index (χ3n) is 4.71. The molecule has 5 unspecified atom stereocenters. The monoisotopic (exact) mass is 401 g/mol. The molecule has 3 rings (SSSR count). The predicted molar refractivity (Wildman–Crippen MR) is 106 cm³/mol. The van der Waals surface area contributed by atoms with E-state index in [1.54, 1.807) is 0 Å². The highest BCUT2D eigenvalue weighted by Gasteiger charge is 2.46. The average Bonchev–Trinajstić information content (AvgIpc) is 2.72. The van der Waals surface area contributed by atoms with Crippen LogP contribution in [-0.4, -0.2) is 48.3 Å². The number of carbonyl (C=O) groups excluding carboxylic acids is 1. The molecule has 0 radical (unpaired) electrons. The molecule has 2 aromatic rings. The highest BCUT2D eigenvalue weighted by Crippen LogP contribution is 2.25. The summed E-state index contributed by atoms with van der Waals surface area (Å²) in [4.78, 5) is 11.5. The Kier molecular flexibility index (Phi) is 7.74. The number of hydrogen-bond acceptors (Lipinski definition) is 7. The van der Waals surface area contributed by atoms with Crippen molar-refractivity contribution in [3.05, 3.63) is 71.8 Å². The van der Waals surface area contributed by atoms with Crippen LogP contribution in [-0.2, 0) is 37.0 Å². The standard InChI is InChI=1S/C22H27NO6/c1-15(24)28-21-20(27-13-17-10-6-3-7-11-17)19(23)18(29-22(21)25)14-26-12-16-8-4-2-5-9-16/h2-11,18-22,25H,12-14,23H2,1H3. The van der Waals surface area contributed by atoms with E-state index >= 15 is 0 Å². The zero-order valence-electron chi connectivity index (χ0n) is 16.3. The van der Waals surface area contributed by atoms with Crippen molar-refractivity contribution >= 4 is 5.97 Å². The minimum absolute atomic E-state index is 0.172. The molecule has 1 heterocycles. The summed E-state index contributed by atoms with van der Waals surface area (Å²) in [5.41, 5.74) is 8.33. The van der Waals surface area contributed by atoms with Gasteiger partial charge in [-0.05, 0) is 11.1 Å². The fourth-order valence-electron chi connectivity index (χ4n) is 3.25. The summed E-state index contributed by atoms with van der Waals surface area (Å²) < 4.78 is 22.5. The van der Waals surface area contributed by atoms with Crippen LogP contribution in [0.15, 0.2) is 60.7 Å². The molecule has 0 saturated carbocycles. The molecule has 156 valence electrons. The van der Waals surface area contributed by atoms with Crippen molar-refractivity contribution in [2.45, 2.75) is 50.8 Å². The van der Waals surface area contributed by atoms with E-state index in [2.05, 4.69) is 0 Å². The second-order valence-corrected chi connectivity index (χ2v) is 6.98. The largest absolute Gasteiger partial charge is 0.454 e. The minimum atomic E-state index is -1.36. The Bertz CT molecular complexity index is 756. The van der Waals surface area contributed by atoms with Crippen molar-refractivity contribution in [3.63, 3.8) is 0 Å². The summed E-state index contributed by atoms with van der Waals surface area (Å²) in [5, 5.41) is 10.4. The molecule has 0 aliphatic carbocycles. The van der Waals surface area contributed by atoms with Crippen LogP contribution in [0.25, 0.3) is 0 Å². The van der Waals surface area contributed by atoms with Crippen LogP contribution in [0.3, 0.4) is 0 Å². The molecule has 29 heavy (non-hydrogen) atoms. The number of rotatable bonds is 8. The number of carbonyl (C=O) groups is 1. The van der Waals surface area contributed by atoms with Gasteiger partial charge in [0.1, 0.15) is 12.2 Å². The van der Waals surface area contributed by atoms with E-state index < -0.39 is 36.6 Å². The van der Waals surface area contributed by atoms with Crippen LogP contribution in [0.5, 0.6) is 0 Å². The Morgan fingerprint density at radius 2 is 1.59 bits per heavy atom. The van der Waals surface area contributed by atoms with Crippen LogP contribution >= 0.6 is 0 Å². The Morgan fingerprint density at radius 1 is 1.00 bits per heavy atom. The summed E-state index contributed by atoms with van der Waals surface area (Å²) in [5.74, 6) is -0.545. The Morgan fingerprint density at radius 3 is 2.17 bits per heavy atom. The van der Waals surface area contributed by atoms with Gasteiger partial charge in [-0.25, -0.2) is 0 Å². The molecule has 0 amide bonds. The van der Waals surface area contributed by atoms with Crippen molar-refractivity contribution in [2.24, 2.45) is 5.73 Å². The van der Waals surface area contributed by atoms with E-state index in [1.807, 2.05) is 60.7 Å². The number of ether oxygens (including phenoxy) is 4. The van der Waals surface area contributed by atoms with Gasteiger partial charge >= 0.3 is 5.97 Å². The number of aliphatic hydroxyl groups is 1. The van der Waals surface area contributed by atoms with Crippen LogP contribution in [0.1, 0.15) is 18.1 Å². The van der Waals surface area contributed by atoms with Gasteiger partial charge in [0, 0.05) is 6.92 Å². The third-order valence-corrected chi connectivity index (χ3v) is 4.71. The zero-order valence-corrected chi connectivity index (χ0v) is 16.3. The highest BCUT2D eigenvalue weighted by molar-refractivity contribution is 5.66. The van der Waals surface area contributed by atoms with Gasteiger partial charge in [0.15, 0.2) is 12.4 Å². The normalized spacial score (nSPS) is 26.8. The lowest BCUT2D eigenvalue weighted by Crippen LogP contribution is -2.63. The predicted octanol–water partition coefficient (Wildman–Crippen LogP) is 1.76. The zero-order chi connectivity index (χ0) is 20.6. The molecule has 1 fully saturated rings. The lowest BCUT2D eigenvalue weighted by Gasteiger charge is -2.42. The summed E-state index contributed by atoms with van der Waals surface area (Å²) in [7, 11) is 0. The van der Waals surface area contributed by atoms with Crippen molar-refractivity contribution in [1.82, 2.24) is 0 Å². The first-order valence-electron chi connectivity index (χ1n) is 9.58. The van der Waals surface area contributed by atoms with Crippen molar-refractivity contribution < 1.29 is 28.8 Å². The molecule has 2 aromatic carbocycles. The third kappa shape index (κ3) is 6.09. The van der Waals surface area contributed by atoms with Crippen molar-refractivity contribution in [2.75, 3.05) is 6.61 Å². The van der Waals surface area contributed by atoms with E-state index in [1.165, 1.54) is 6.92 Å². The molecule has 1 aliphatic rings. The molecule has 0 spiro atoms. The van der Waals surface area contributed by atoms with E-state index in [0.717, 1.165) is 11.1 Å². The molecule has 0 bridgehead atoms. The molecular weight excluding hydrogens is 374 g/mol. The Balaban J connectivity index is 1.64. The highest BCUT2D eigenvalue weighted by atomic mass is 16.7. The molecule has 1 aliphatic heterocycles. The van der Waals surface area contributed by atoms with Gasteiger partial charge in [0.05, 0.1) is 25.9 Å². The summed E-state index contributed by atoms with van der Waals surface area (Å²) in [6.07, 6.45) is -3.73. The minimum Gasteiger partial charge on any atom is -0.454 e. The first-order chi connectivity index (χ1) is 14.0. The molecule has 5 atom stereocenters. The molecule has 0 aromatic heterocycles. The smallest absolute Gasteiger partial charge is 0.303 e. The van der Waals surface area contributed by atoms with E-state index in [0.29, 0.717) is 6.61 Å². The fourth-order valence-corrected chi connectivity index (χ4v) is 3.25.